The quantitative estimate of drug-likeness (QED) is 0.369. The van der Waals surface area contributed by atoms with E-state index in [4.69, 9.17) is 21.0 Å². The summed E-state index contributed by atoms with van der Waals surface area (Å²) in [5.41, 5.74) is 1.40. The second-order valence-electron chi connectivity index (χ2n) is 8.51. The number of aliphatic imine (C=N–C) groups is 1. The van der Waals surface area contributed by atoms with E-state index in [2.05, 4.69) is 0 Å². The zero-order chi connectivity index (χ0) is 24.4. The number of aromatic carboxylic acids is 1. The van der Waals surface area contributed by atoms with Crippen LogP contribution < -0.4 is 0 Å². The van der Waals surface area contributed by atoms with Crippen LogP contribution in [0.3, 0.4) is 0 Å². The Balaban J connectivity index is 1.47. The summed E-state index contributed by atoms with van der Waals surface area (Å²) in [6.45, 7) is 0. The number of carboxylic acids is 1. The van der Waals surface area contributed by atoms with E-state index in [-0.39, 0.29) is 17.5 Å². The van der Waals surface area contributed by atoms with Gasteiger partial charge in [0.25, 0.3) is 5.91 Å². The minimum atomic E-state index is -1.04. The van der Waals surface area contributed by atoms with E-state index in [0.717, 1.165) is 31.4 Å². The average Bonchev–Trinajstić information content (AvgIpc) is 3.45. The molecule has 178 valence electrons. The molecule has 35 heavy (non-hydrogen) atoms. The highest BCUT2D eigenvalue weighted by atomic mass is 35.5. The lowest BCUT2D eigenvalue weighted by Gasteiger charge is -2.30. The first kappa shape index (κ1) is 23.5. The first-order valence-corrected chi connectivity index (χ1v) is 12.7. The van der Waals surface area contributed by atoms with Crippen LogP contribution in [0.5, 0.6) is 0 Å². The van der Waals surface area contributed by atoms with Crippen LogP contribution in [0.15, 0.2) is 75.0 Å². The average molecular weight is 507 g/mol. The molecule has 1 aromatic heterocycles. The van der Waals surface area contributed by atoms with Crippen LogP contribution in [0.4, 0.5) is 5.69 Å². The molecule has 0 radical (unpaired) electrons. The standard InChI is InChI=1S/C27H23ClN2O4S/c28-22-13-11-17(26(32)33)15-21(22)23-14-12-20(34-23)16-24-25(31)30(19-9-5-2-6-10-19)27(35-24)29-18-7-3-1-4-8-18/h1,3-4,7-8,11-16,19H,2,5-6,9-10H2,(H,32,33)/b24-16-,29-27?. The maximum absolute atomic E-state index is 13.5. The van der Waals surface area contributed by atoms with Gasteiger partial charge in [-0.2, -0.15) is 0 Å². The summed E-state index contributed by atoms with van der Waals surface area (Å²) >= 11 is 7.64. The number of amidine groups is 1. The number of furan rings is 1. The summed E-state index contributed by atoms with van der Waals surface area (Å²) in [5.74, 6) is -0.196. The molecule has 0 unspecified atom stereocenters. The van der Waals surface area contributed by atoms with Crippen LogP contribution in [0, 0.1) is 0 Å². The van der Waals surface area contributed by atoms with E-state index in [1.54, 1.807) is 18.2 Å². The van der Waals surface area contributed by atoms with Gasteiger partial charge >= 0.3 is 5.97 Å². The fourth-order valence-corrected chi connectivity index (χ4v) is 5.64. The first-order chi connectivity index (χ1) is 17.0. The third-order valence-corrected chi connectivity index (χ3v) is 7.45. The Bertz CT molecular complexity index is 1330. The molecule has 1 aliphatic heterocycles. The highest BCUT2D eigenvalue weighted by Crippen LogP contribution is 2.39. The van der Waals surface area contributed by atoms with Crippen molar-refractivity contribution >= 4 is 52.2 Å². The highest BCUT2D eigenvalue weighted by molar-refractivity contribution is 8.18. The Morgan fingerprint density at radius 1 is 1.09 bits per heavy atom. The van der Waals surface area contributed by atoms with Crippen molar-refractivity contribution in [2.45, 2.75) is 38.1 Å². The van der Waals surface area contributed by atoms with Crippen LogP contribution >= 0.6 is 23.4 Å². The predicted molar refractivity (Wildman–Crippen MR) is 139 cm³/mol. The van der Waals surface area contributed by atoms with Crippen molar-refractivity contribution in [2.24, 2.45) is 4.99 Å². The fraction of sp³-hybridized carbons (Fsp3) is 0.222. The summed E-state index contributed by atoms with van der Waals surface area (Å²) < 4.78 is 5.95. The number of carbonyl (C=O) groups is 2. The molecule has 1 amide bonds. The van der Waals surface area contributed by atoms with Crippen molar-refractivity contribution in [3.8, 4) is 11.3 Å². The second kappa shape index (κ2) is 10.1. The molecule has 5 rings (SSSR count). The third kappa shape index (κ3) is 5.06. The summed E-state index contributed by atoms with van der Waals surface area (Å²) in [7, 11) is 0. The molecule has 2 heterocycles. The fourth-order valence-electron chi connectivity index (χ4n) is 4.39. The molecule has 6 nitrogen and oxygen atoms in total. The molecule has 2 aromatic carbocycles. The van der Waals surface area contributed by atoms with Crippen molar-refractivity contribution in [3.05, 3.63) is 81.9 Å². The van der Waals surface area contributed by atoms with Gasteiger partial charge in [-0.1, -0.05) is 49.1 Å². The maximum Gasteiger partial charge on any atom is 0.335 e. The summed E-state index contributed by atoms with van der Waals surface area (Å²) in [6.07, 6.45) is 7.06. The Kier molecular flexibility index (Phi) is 6.79. The van der Waals surface area contributed by atoms with E-state index in [9.17, 15) is 14.7 Å². The number of nitrogens with zero attached hydrogens (tertiary/aromatic N) is 2. The van der Waals surface area contributed by atoms with Gasteiger partial charge in [-0.05, 0) is 67.1 Å². The minimum Gasteiger partial charge on any atom is -0.478 e. The van der Waals surface area contributed by atoms with Crippen LogP contribution in [-0.4, -0.2) is 33.1 Å². The molecule has 3 aromatic rings. The summed E-state index contributed by atoms with van der Waals surface area (Å²) in [6, 6.07) is 17.7. The number of hydrogen-bond donors (Lipinski definition) is 1. The number of rotatable bonds is 5. The number of halogens is 1. The van der Waals surface area contributed by atoms with Gasteiger partial charge in [0.2, 0.25) is 0 Å². The van der Waals surface area contributed by atoms with Crippen LogP contribution in [-0.2, 0) is 4.79 Å². The molecule has 0 atom stereocenters. The summed E-state index contributed by atoms with van der Waals surface area (Å²) in [4.78, 5) is 32.0. The number of thioether (sulfide) groups is 1. The number of benzene rings is 2. The number of carboxylic acid groups (broad SMARTS) is 1. The van der Waals surface area contributed by atoms with Crippen molar-refractivity contribution < 1.29 is 19.1 Å². The lowest BCUT2D eigenvalue weighted by molar-refractivity contribution is -0.124. The lowest BCUT2D eigenvalue weighted by atomic mass is 9.94. The molecule has 0 spiro atoms. The number of carbonyl (C=O) groups excluding carboxylic acids is 1. The summed E-state index contributed by atoms with van der Waals surface area (Å²) in [5, 5.41) is 10.4. The number of hydrogen-bond acceptors (Lipinski definition) is 5. The molecule has 1 aliphatic carbocycles. The molecular formula is C27H23ClN2O4S. The van der Waals surface area contributed by atoms with Crippen molar-refractivity contribution in [1.82, 2.24) is 4.90 Å². The smallest absolute Gasteiger partial charge is 0.335 e. The molecular weight excluding hydrogens is 484 g/mol. The Morgan fingerprint density at radius 3 is 2.60 bits per heavy atom. The molecule has 2 fully saturated rings. The van der Waals surface area contributed by atoms with Gasteiger partial charge in [-0.25, -0.2) is 9.79 Å². The number of para-hydroxylation sites is 1. The molecule has 8 heteroatoms. The lowest BCUT2D eigenvalue weighted by Crippen LogP contribution is -2.40. The normalized spacial score (nSPS) is 19.1. The van der Waals surface area contributed by atoms with E-state index in [0.29, 0.717) is 32.2 Å². The van der Waals surface area contributed by atoms with Gasteiger partial charge in [0.15, 0.2) is 5.17 Å². The Hall–Kier alpha value is -3.29. The molecule has 0 bridgehead atoms. The Morgan fingerprint density at radius 2 is 1.86 bits per heavy atom. The van der Waals surface area contributed by atoms with E-state index in [1.165, 1.54) is 36.4 Å². The zero-order valence-electron chi connectivity index (χ0n) is 18.8. The van der Waals surface area contributed by atoms with Gasteiger partial charge in [0, 0.05) is 17.7 Å². The van der Waals surface area contributed by atoms with Crippen molar-refractivity contribution in [3.63, 3.8) is 0 Å². The highest BCUT2D eigenvalue weighted by Gasteiger charge is 2.38. The zero-order valence-corrected chi connectivity index (χ0v) is 20.4. The second-order valence-corrected chi connectivity index (χ2v) is 9.93. The van der Waals surface area contributed by atoms with Gasteiger partial charge in [-0.3, -0.25) is 9.69 Å². The number of amides is 1. The van der Waals surface area contributed by atoms with E-state index in [1.807, 2.05) is 35.2 Å². The molecule has 2 aliphatic rings. The SMILES string of the molecule is O=C(O)c1ccc(Cl)c(-c2ccc(/C=C3\SC(=Nc4ccccc4)N(C4CCCCC4)C3=O)o2)c1. The predicted octanol–water partition coefficient (Wildman–Crippen LogP) is 7.23. The van der Waals surface area contributed by atoms with Crippen LogP contribution in [0.25, 0.3) is 17.4 Å². The maximum atomic E-state index is 13.5. The van der Waals surface area contributed by atoms with Crippen LogP contribution in [0.2, 0.25) is 5.02 Å². The van der Waals surface area contributed by atoms with Crippen molar-refractivity contribution in [1.29, 1.82) is 0 Å². The topological polar surface area (TPSA) is 83.1 Å². The van der Waals surface area contributed by atoms with Gasteiger partial charge in [0.1, 0.15) is 11.5 Å². The third-order valence-electron chi connectivity index (χ3n) is 6.14. The van der Waals surface area contributed by atoms with Crippen LogP contribution in [0.1, 0.15) is 48.2 Å². The van der Waals surface area contributed by atoms with Crippen molar-refractivity contribution in [2.75, 3.05) is 0 Å². The van der Waals surface area contributed by atoms with Gasteiger partial charge in [0.05, 0.1) is 21.2 Å². The van der Waals surface area contributed by atoms with Gasteiger partial charge in [-0.15, -0.1) is 0 Å². The van der Waals surface area contributed by atoms with E-state index >= 15 is 0 Å². The van der Waals surface area contributed by atoms with E-state index < -0.39 is 5.97 Å². The minimum absolute atomic E-state index is 0.0690. The van der Waals surface area contributed by atoms with Gasteiger partial charge < -0.3 is 9.52 Å². The molecule has 1 N–H and O–H groups in total. The monoisotopic (exact) mass is 506 g/mol. The first-order valence-electron chi connectivity index (χ1n) is 11.5. The largest absolute Gasteiger partial charge is 0.478 e. The Labute approximate surface area is 212 Å². The molecule has 1 saturated carbocycles. The molecule has 1 saturated heterocycles.